The second-order valence-corrected chi connectivity index (χ2v) is 5.93. The van der Waals surface area contributed by atoms with Crippen LogP contribution in [-0.2, 0) is 0 Å². The van der Waals surface area contributed by atoms with Gasteiger partial charge in [-0.3, -0.25) is 4.79 Å². The second-order valence-electron chi connectivity index (χ2n) is 5.93. The quantitative estimate of drug-likeness (QED) is 0.848. The van der Waals surface area contributed by atoms with Crippen molar-refractivity contribution in [2.24, 2.45) is 0 Å². The Labute approximate surface area is 132 Å². The van der Waals surface area contributed by atoms with Crippen LogP contribution in [0.1, 0.15) is 21.5 Å². The lowest BCUT2D eigenvalue weighted by Crippen LogP contribution is -2.48. The number of anilines is 1. The van der Waals surface area contributed by atoms with Crippen molar-refractivity contribution in [2.75, 3.05) is 31.1 Å². The van der Waals surface area contributed by atoms with Crippen LogP contribution < -0.4 is 4.90 Å². The molecule has 3 nitrogen and oxygen atoms in total. The molecule has 0 bridgehead atoms. The van der Waals surface area contributed by atoms with Gasteiger partial charge in [-0.05, 0) is 37.6 Å². The van der Waals surface area contributed by atoms with Crippen molar-refractivity contribution < 1.29 is 4.79 Å². The van der Waals surface area contributed by atoms with Crippen LogP contribution in [0.2, 0.25) is 0 Å². The minimum atomic E-state index is 0.161. The normalized spacial score (nSPS) is 15.0. The lowest BCUT2D eigenvalue weighted by atomic mass is 10.0. The molecule has 22 heavy (non-hydrogen) atoms. The van der Waals surface area contributed by atoms with Crippen molar-refractivity contribution in [3.8, 4) is 0 Å². The van der Waals surface area contributed by atoms with Crippen molar-refractivity contribution in [1.82, 2.24) is 4.90 Å². The molecule has 3 heteroatoms. The summed E-state index contributed by atoms with van der Waals surface area (Å²) < 4.78 is 0. The zero-order chi connectivity index (χ0) is 15.5. The molecule has 0 N–H and O–H groups in total. The molecule has 1 saturated heterocycles. The van der Waals surface area contributed by atoms with Gasteiger partial charge in [-0.1, -0.05) is 35.9 Å². The van der Waals surface area contributed by atoms with E-state index in [0.717, 1.165) is 42.9 Å². The highest BCUT2D eigenvalue weighted by Crippen LogP contribution is 2.18. The second kappa shape index (κ2) is 6.22. The number of hydrogen-bond donors (Lipinski definition) is 0. The maximum atomic E-state index is 12.7. The summed E-state index contributed by atoms with van der Waals surface area (Å²) in [7, 11) is 0. The zero-order valence-corrected chi connectivity index (χ0v) is 13.2. The molecule has 0 saturated carbocycles. The van der Waals surface area contributed by atoms with Crippen LogP contribution in [0.3, 0.4) is 0 Å². The minimum Gasteiger partial charge on any atom is -0.368 e. The van der Waals surface area contributed by atoms with Gasteiger partial charge in [0.05, 0.1) is 0 Å². The Kier molecular flexibility index (Phi) is 4.14. The van der Waals surface area contributed by atoms with Crippen molar-refractivity contribution in [2.45, 2.75) is 13.8 Å². The van der Waals surface area contributed by atoms with Gasteiger partial charge in [0.25, 0.3) is 5.91 Å². The van der Waals surface area contributed by atoms with Crippen LogP contribution in [0.15, 0.2) is 48.5 Å². The number of nitrogens with zero attached hydrogens (tertiary/aromatic N) is 2. The Hall–Kier alpha value is -2.29. The van der Waals surface area contributed by atoms with Gasteiger partial charge >= 0.3 is 0 Å². The van der Waals surface area contributed by atoms with Gasteiger partial charge in [-0.15, -0.1) is 0 Å². The third kappa shape index (κ3) is 2.98. The number of piperazine rings is 1. The van der Waals surface area contributed by atoms with Crippen molar-refractivity contribution >= 4 is 11.6 Å². The standard InChI is InChI=1S/C19H22N2O/c1-15-8-9-16(2)18(14-15)19(22)21-12-10-20(11-13-21)17-6-4-3-5-7-17/h3-9,14H,10-13H2,1-2H3. The van der Waals surface area contributed by atoms with Gasteiger partial charge < -0.3 is 9.80 Å². The van der Waals surface area contributed by atoms with E-state index in [2.05, 4.69) is 35.2 Å². The molecule has 1 fully saturated rings. The largest absolute Gasteiger partial charge is 0.368 e. The van der Waals surface area contributed by atoms with E-state index in [-0.39, 0.29) is 5.91 Å². The summed E-state index contributed by atoms with van der Waals surface area (Å²) in [5.74, 6) is 0.161. The van der Waals surface area contributed by atoms with Gasteiger partial charge in [-0.25, -0.2) is 0 Å². The number of rotatable bonds is 2. The number of amides is 1. The van der Waals surface area contributed by atoms with E-state index in [1.54, 1.807) is 0 Å². The first-order chi connectivity index (χ1) is 10.6. The molecule has 3 rings (SSSR count). The fraction of sp³-hybridized carbons (Fsp3) is 0.316. The van der Waals surface area contributed by atoms with E-state index in [9.17, 15) is 4.79 Å². The number of hydrogen-bond acceptors (Lipinski definition) is 2. The van der Waals surface area contributed by atoms with E-state index in [0.29, 0.717) is 0 Å². The first-order valence-corrected chi connectivity index (χ1v) is 7.81. The van der Waals surface area contributed by atoms with E-state index in [4.69, 9.17) is 0 Å². The van der Waals surface area contributed by atoms with Crippen LogP contribution in [-0.4, -0.2) is 37.0 Å². The zero-order valence-electron chi connectivity index (χ0n) is 13.2. The Morgan fingerprint density at radius 1 is 0.909 bits per heavy atom. The van der Waals surface area contributed by atoms with E-state index in [1.165, 1.54) is 5.69 Å². The van der Waals surface area contributed by atoms with Crippen LogP contribution in [0, 0.1) is 13.8 Å². The van der Waals surface area contributed by atoms with Crippen molar-refractivity contribution in [1.29, 1.82) is 0 Å². The molecule has 2 aromatic carbocycles. The molecule has 0 aliphatic carbocycles. The summed E-state index contributed by atoms with van der Waals surface area (Å²) in [5, 5.41) is 0. The monoisotopic (exact) mass is 294 g/mol. The molecule has 1 aliphatic heterocycles. The lowest BCUT2D eigenvalue weighted by molar-refractivity contribution is 0.0746. The molecule has 0 atom stereocenters. The predicted octanol–water partition coefficient (Wildman–Crippen LogP) is 3.27. The van der Waals surface area contributed by atoms with Gasteiger partial charge in [0.2, 0.25) is 0 Å². The Morgan fingerprint density at radius 2 is 1.59 bits per heavy atom. The molecule has 1 aliphatic rings. The van der Waals surface area contributed by atoms with Crippen molar-refractivity contribution in [3.05, 3.63) is 65.2 Å². The molecule has 1 amide bonds. The van der Waals surface area contributed by atoms with E-state index in [1.807, 2.05) is 36.9 Å². The summed E-state index contributed by atoms with van der Waals surface area (Å²) in [6.07, 6.45) is 0. The first kappa shape index (κ1) is 14.6. The number of carbonyl (C=O) groups is 1. The predicted molar refractivity (Wildman–Crippen MR) is 90.5 cm³/mol. The highest BCUT2D eigenvalue weighted by molar-refractivity contribution is 5.96. The van der Waals surface area contributed by atoms with Gasteiger partial charge in [0, 0.05) is 37.4 Å². The summed E-state index contributed by atoms with van der Waals surface area (Å²) in [5.41, 5.74) is 4.27. The van der Waals surface area contributed by atoms with Gasteiger partial charge in [0.1, 0.15) is 0 Å². The number of para-hydroxylation sites is 1. The number of benzene rings is 2. The molecular weight excluding hydrogens is 272 g/mol. The maximum absolute atomic E-state index is 12.7. The van der Waals surface area contributed by atoms with E-state index < -0.39 is 0 Å². The van der Waals surface area contributed by atoms with E-state index >= 15 is 0 Å². The third-order valence-corrected chi connectivity index (χ3v) is 4.31. The topological polar surface area (TPSA) is 23.6 Å². The Bertz CT molecular complexity index is 658. The van der Waals surface area contributed by atoms with Crippen LogP contribution in [0.25, 0.3) is 0 Å². The summed E-state index contributed by atoms with van der Waals surface area (Å²) in [4.78, 5) is 17.0. The summed E-state index contributed by atoms with van der Waals surface area (Å²) >= 11 is 0. The molecule has 0 aromatic heterocycles. The number of aryl methyl sites for hydroxylation is 2. The van der Waals surface area contributed by atoms with Crippen LogP contribution in [0.5, 0.6) is 0 Å². The maximum Gasteiger partial charge on any atom is 0.254 e. The number of carbonyl (C=O) groups excluding carboxylic acids is 1. The third-order valence-electron chi connectivity index (χ3n) is 4.31. The molecule has 1 heterocycles. The average molecular weight is 294 g/mol. The fourth-order valence-electron chi connectivity index (χ4n) is 2.94. The van der Waals surface area contributed by atoms with Gasteiger partial charge in [0.15, 0.2) is 0 Å². The minimum absolute atomic E-state index is 0.161. The molecule has 114 valence electrons. The molecule has 0 unspecified atom stereocenters. The highest BCUT2D eigenvalue weighted by Gasteiger charge is 2.23. The molecule has 0 radical (unpaired) electrons. The van der Waals surface area contributed by atoms with Crippen molar-refractivity contribution in [3.63, 3.8) is 0 Å². The SMILES string of the molecule is Cc1ccc(C)c(C(=O)N2CCN(c3ccccc3)CC2)c1. The molecule has 0 spiro atoms. The summed E-state index contributed by atoms with van der Waals surface area (Å²) in [6.45, 7) is 7.37. The van der Waals surface area contributed by atoms with Crippen LogP contribution >= 0.6 is 0 Å². The molecular formula is C19H22N2O. The highest BCUT2D eigenvalue weighted by atomic mass is 16.2. The first-order valence-electron chi connectivity index (χ1n) is 7.81. The Morgan fingerprint density at radius 3 is 2.27 bits per heavy atom. The average Bonchev–Trinajstić information content (AvgIpc) is 2.57. The van der Waals surface area contributed by atoms with Gasteiger partial charge in [-0.2, -0.15) is 0 Å². The molecule has 2 aromatic rings. The smallest absolute Gasteiger partial charge is 0.254 e. The summed E-state index contributed by atoms with van der Waals surface area (Å²) in [6, 6.07) is 16.5. The fourth-order valence-corrected chi connectivity index (χ4v) is 2.94. The van der Waals surface area contributed by atoms with Crippen LogP contribution in [0.4, 0.5) is 5.69 Å². The lowest BCUT2D eigenvalue weighted by Gasteiger charge is -2.36. The Balaban J connectivity index is 1.68.